The lowest BCUT2D eigenvalue weighted by atomic mass is 10.4. The van der Waals surface area contributed by atoms with Crippen molar-refractivity contribution < 1.29 is 27.7 Å². The normalized spacial score (nSPS) is 12.8. The van der Waals surface area contributed by atoms with Gasteiger partial charge in [0.2, 0.25) is 0 Å². The van der Waals surface area contributed by atoms with Gasteiger partial charge in [-0.25, -0.2) is 9.36 Å². The predicted octanol–water partition coefficient (Wildman–Crippen LogP) is 1.75. The van der Waals surface area contributed by atoms with E-state index >= 15 is 0 Å². The van der Waals surface area contributed by atoms with Crippen LogP contribution in [0.3, 0.4) is 0 Å². The van der Waals surface area contributed by atoms with Crippen LogP contribution in [0.5, 0.6) is 0 Å². The van der Waals surface area contributed by atoms with Crippen LogP contribution in [0.4, 0.5) is 0 Å². The summed E-state index contributed by atoms with van der Waals surface area (Å²) in [5.74, 6) is 1.42. The van der Waals surface area contributed by atoms with E-state index in [1.807, 2.05) is 0 Å². The minimum atomic E-state index is -3.71. The third kappa shape index (κ3) is 6.44. The molecule has 6 nitrogen and oxygen atoms in total. The third-order valence-electron chi connectivity index (χ3n) is 1.49. The molecule has 0 N–H and O–H groups in total. The molecule has 0 fully saturated rings. The summed E-state index contributed by atoms with van der Waals surface area (Å²) in [5, 5.41) is 0. The quantitative estimate of drug-likeness (QED) is 0.378. The first-order valence-electron chi connectivity index (χ1n) is 5.16. The van der Waals surface area contributed by atoms with Crippen molar-refractivity contribution in [2.75, 3.05) is 19.8 Å². The zero-order valence-electron chi connectivity index (χ0n) is 10.2. The van der Waals surface area contributed by atoms with E-state index < -0.39 is 19.9 Å². The molecule has 1 unspecified atom stereocenters. The fourth-order valence-electron chi connectivity index (χ4n) is 0.881. The maximum absolute atomic E-state index is 11.9. The molecular formula is C10H17O6P. The van der Waals surface area contributed by atoms with E-state index in [1.54, 1.807) is 13.8 Å². The van der Waals surface area contributed by atoms with Crippen molar-refractivity contribution >= 4 is 13.8 Å². The van der Waals surface area contributed by atoms with Crippen LogP contribution in [0.15, 0.2) is 0 Å². The minimum Gasteiger partial charge on any atom is -0.451 e. The van der Waals surface area contributed by atoms with Gasteiger partial charge >= 0.3 is 13.8 Å². The number of terminal acetylenes is 1. The zero-order chi connectivity index (χ0) is 13.3. The first-order chi connectivity index (χ1) is 7.99. The Morgan fingerprint density at radius 2 is 1.88 bits per heavy atom. The van der Waals surface area contributed by atoms with Gasteiger partial charge in [-0.15, -0.1) is 6.42 Å². The molecule has 0 bridgehead atoms. The second kappa shape index (κ2) is 8.26. The highest BCUT2D eigenvalue weighted by molar-refractivity contribution is 7.48. The number of phosphoric ester groups is 1. The highest BCUT2D eigenvalue weighted by atomic mass is 31.2. The summed E-state index contributed by atoms with van der Waals surface area (Å²) in [6.07, 6.45) is 3.85. The van der Waals surface area contributed by atoms with Crippen LogP contribution in [0, 0.1) is 12.3 Å². The molecule has 0 spiro atoms. The molecule has 1 atom stereocenters. The van der Waals surface area contributed by atoms with Crippen LogP contribution in [-0.2, 0) is 27.7 Å². The molecule has 0 aromatic heterocycles. The van der Waals surface area contributed by atoms with Crippen LogP contribution >= 0.6 is 7.82 Å². The summed E-state index contributed by atoms with van der Waals surface area (Å²) >= 11 is 0. The van der Waals surface area contributed by atoms with Crippen molar-refractivity contribution in [2.24, 2.45) is 0 Å². The summed E-state index contributed by atoms with van der Waals surface area (Å²) in [5.41, 5.74) is 0. The second-order valence-electron chi connectivity index (χ2n) is 2.84. The highest BCUT2D eigenvalue weighted by Gasteiger charge is 2.31. The van der Waals surface area contributed by atoms with Crippen molar-refractivity contribution in [1.82, 2.24) is 0 Å². The van der Waals surface area contributed by atoms with Crippen molar-refractivity contribution in [3.63, 3.8) is 0 Å². The molecule has 0 aliphatic heterocycles. The Labute approximate surface area is 101 Å². The van der Waals surface area contributed by atoms with Crippen LogP contribution in [0.1, 0.15) is 20.8 Å². The maximum atomic E-state index is 11.9. The van der Waals surface area contributed by atoms with Crippen molar-refractivity contribution in [3.8, 4) is 12.3 Å². The fourth-order valence-corrected chi connectivity index (χ4v) is 2.18. The molecular weight excluding hydrogens is 247 g/mol. The lowest BCUT2D eigenvalue weighted by Crippen LogP contribution is -2.23. The second-order valence-corrected chi connectivity index (χ2v) is 4.46. The van der Waals surface area contributed by atoms with E-state index in [4.69, 9.17) is 20.0 Å². The van der Waals surface area contributed by atoms with E-state index in [2.05, 4.69) is 10.7 Å². The van der Waals surface area contributed by atoms with Crippen LogP contribution in [0.2, 0.25) is 0 Å². The van der Waals surface area contributed by atoms with Gasteiger partial charge in [0.15, 0.2) is 12.7 Å². The molecule has 0 saturated carbocycles. The Morgan fingerprint density at radius 1 is 1.35 bits per heavy atom. The number of rotatable bonds is 8. The molecule has 7 heteroatoms. The van der Waals surface area contributed by atoms with E-state index in [9.17, 15) is 9.36 Å². The zero-order valence-corrected chi connectivity index (χ0v) is 11.1. The van der Waals surface area contributed by atoms with Crippen LogP contribution < -0.4 is 0 Å². The summed E-state index contributed by atoms with van der Waals surface area (Å²) in [7, 11) is -3.71. The first kappa shape index (κ1) is 16.1. The number of hydrogen-bond acceptors (Lipinski definition) is 6. The predicted molar refractivity (Wildman–Crippen MR) is 61.2 cm³/mol. The standard InChI is InChI=1S/C10H17O6P/c1-5-8-13-10(11)9(4)16-17(12,14-6-2)15-7-3/h1,9H,6-8H2,2-4H3. The third-order valence-corrected chi connectivity index (χ3v) is 3.21. The Bertz CT molecular complexity index is 311. The van der Waals surface area contributed by atoms with Gasteiger partial charge in [-0.3, -0.25) is 13.6 Å². The SMILES string of the molecule is C#CCOC(=O)C(C)OP(=O)(OCC)OCC. The van der Waals surface area contributed by atoms with Crippen molar-refractivity contribution in [2.45, 2.75) is 26.9 Å². The molecule has 0 aromatic carbocycles. The molecule has 0 saturated heterocycles. The summed E-state index contributed by atoms with van der Waals surface area (Å²) < 4.78 is 31.2. The van der Waals surface area contributed by atoms with Crippen LogP contribution in [0.25, 0.3) is 0 Å². The average Bonchev–Trinajstić information content (AvgIpc) is 2.26. The maximum Gasteiger partial charge on any atom is 0.475 e. The Morgan fingerprint density at radius 3 is 2.29 bits per heavy atom. The average molecular weight is 264 g/mol. The number of esters is 1. The van der Waals surface area contributed by atoms with Gasteiger partial charge in [0.25, 0.3) is 0 Å². The summed E-state index contributed by atoms with van der Waals surface area (Å²) in [4.78, 5) is 11.3. The van der Waals surface area contributed by atoms with Gasteiger partial charge in [-0.2, -0.15) is 0 Å². The topological polar surface area (TPSA) is 71.1 Å². The Balaban J connectivity index is 4.40. The van der Waals surface area contributed by atoms with Gasteiger partial charge in [0.05, 0.1) is 13.2 Å². The highest BCUT2D eigenvalue weighted by Crippen LogP contribution is 2.50. The first-order valence-corrected chi connectivity index (χ1v) is 6.62. The van der Waals surface area contributed by atoms with Gasteiger partial charge in [0, 0.05) is 0 Å². The van der Waals surface area contributed by atoms with E-state index in [0.717, 1.165) is 0 Å². The molecule has 98 valence electrons. The number of phosphoric acid groups is 1. The van der Waals surface area contributed by atoms with Crippen molar-refractivity contribution in [1.29, 1.82) is 0 Å². The van der Waals surface area contributed by atoms with Gasteiger partial charge in [0.1, 0.15) is 0 Å². The Hall–Kier alpha value is -0.860. The number of carbonyl (C=O) groups is 1. The molecule has 17 heavy (non-hydrogen) atoms. The monoisotopic (exact) mass is 264 g/mol. The molecule has 0 heterocycles. The van der Waals surface area contributed by atoms with Gasteiger partial charge in [-0.05, 0) is 20.8 Å². The molecule has 0 amide bonds. The molecule has 0 radical (unpaired) electrons. The van der Waals surface area contributed by atoms with Gasteiger partial charge in [-0.1, -0.05) is 5.92 Å². The van der Waals surface area contributed by atoms with E-state index in [1.165, 1.54) is 6.92 Å². The minimum absolute atomic E-state index is 0.142. The summed E-state index contributed by atoms with van der Waals surface area (Å²) in [6, 6.07) is 0. The lowest BCUT2D eigenvalue weighted by molar-refractivity contribution is -0.150. The summed E-state index contributed by atoms with van der Waals surface area (Å²) in [6.45, 7) is 4.77. The fraction of sp³-hybridized carbons (Fsp3) is 0.700. The lowest BCUT2D eigenvalue weighted by Gasteiger charge is -2.19. The molecule has 0 aliphatic rings. The Kier molecular flexibility index (Phi) is 7.85. The van der Waals surface area contributed by atoms with E-state index in [0.29, 0.717) is 0 Å². The molecule has 0 aromatic rings. The van der Waals surface area contributed by atoms with Crippen LogP contribution in [-0.4, -0.2) is 31.9 Å². The number of ether oxygens (including phenoxy) is 1. The smallest absolute Gasteiger partial charge is 0.451 e. The number of carbonyl (C=O) groups excluding carboxylic acids is 1. The molecule has 0 rings (SSSR count). The number of hydrogen-bond donors (Lipinski definition) is 0. The largest absolute Gasteiger partial charge is 0.475 e. The molecule has 0 aliphatic carbocycles. The van der Waals surface area contributed by atoms with Crippen molar-refractivity contribution in [3.05, 3.63) is 0 Å². The van der Waals surface area contributed by atoms with E-state index in [-0.39, 0.29) is 19.8 Å². The van der Waals surface area contributed by atoms with Gasteiger partial charge < -0.3 is 4.74 Å².